The second-order valence-electron chi connectivity index (χ2n) is 16.1. The molecule has 10 rings (SSSR count). The van der Waals surface area contributed by atoms with Gasteiger partial charge in [0.15, 0.2) is 0 Å². The van der Waals surface area contributed by atoms with Crippen molar-refractivity contribution in [1.82, 2.24) is 15.0 Å². The Morgan fingerprint density at radius 3 is 1.29 bits per heavy atom. The fourth-order valence-corrected chi connectivity index (χ4v) is 8.33. The number of rotatable bonds is 13. The van der Waals surface area contributed by atoms with Crippen LogP contribution in [0, 0.1) is 18.2 Å². The van der Waals surface area contributed by atoms with Crippen LogP contribution in [-0.2, 0) is 45.8 Å². The normalized spacial score (nSPS) is 10.9. The quantitative estimate of drug-likeness (QED) is 0.108. The molecule has 0 radical (unpaired) electrons. The molecule has 0 saturated carbocycles. The number of nitrogens with zero attached hydrogens (tertiary/aromatic N) is 3. The van der Waals surface area contributed by atoms with Crippen LogP contribution < -0.4 is 0 Å². The third-order valence-electron chi connectivity index (χ3n) is 11.8. The molecule has 312 valence electrons. The van der Waals surface area contributed by atoms with Gasteiger partial charge in [0, 0.05) is 18.6 Å². The zero-order valence-corrected chi connectivity index (χ0v) is 38.2. The van der Waals surface area contributed by atoms with E-state index >= 15 is 0 Å². The Morgan fingerprint density at radius 2 is 0.754 bits per heavy atom. The second-order valence-corrected chi connectivity index (χ2v) is 16.1. The fraction of sp³-hybridized carbons (Fsp3) is 0.0656. The molecule has 0 amide bonds. The smallest absolute Gasteiger partial charge is 0.304 e. The Kier molecular flexibility index (Phi) is 13.5. The van der Waals surface area contributed by atoms with Crippen LogP contribution in [-0.4, -0.2) is 15.0 Å². The SMILES string of the molecule is [Ir+3].[c-]1ccccc1-c1ccc(CCc2cc(CCc3ccc(-c4[c-]cccc4)nc3)cc(-c3ccccc3-c3ccc(-c4[c-]ccc(-c5ccc(-c6ccccc6)cc5)c4)nc3)c2)cn1. The summed E-state index contributed by atoms with van der Waals surface area (Å²) >= 11 is 0. The van der Waals surface area contributed by atoms with Crippen molar-refractivity contribution in [2.75, 3.05) is 0 Å². The summed E-state index contributed by atoms with van der Waals surface area (Å²) in [6.45, 7) is 0. The van der Waals surface area contributed by atoms with E-state index in [4.69, 9.17) is 15.0 Å². The van der Waals surface area contributed by atoms with E-state index in [2.05, 4.69) is 158 Å². The molecular weight excluding hydrogens is 967 g/mol. The van der Waals surface area contributed by atoms with Gasteiger partial charge < -0.3 is 15.0 Å². The van der Waals surface area contributed by atoms with Gasteiger partial charge in [0.2, 0.25) is 0 Å². The number of pyridine rings is 3. The van der Waals surface area contributed by atoms with E-state index < -0.39 is 0 Å². The molecule has 0 saturated heterocycles. The minimum absolute atomic E-state index is 0. The van der Waals surface area contributed by atoms with Gasteiger partial charge in [0.1, 0.15) is 0 Å². The van der Waals surface area contributed by atoms with Crippen LogP contribution in [0.4, 0.5) is 0 Å². The minimum Gasteiger partial charge on any atom is -0.304 e. The molecular formula is C61H44IrN3. The molecule has 0 aliphatic carbocycles. The van der Waals surface area contributed by atoms with Gasteiger partial charge in [-0.05, 0) is 104 Å². The predicted octanol–water partition coefficient (Wildman–Crippen LogP) is 14.5. The molecule has 0 atom stereocenters. The maximum atomic E-state index is 5.01. The monoisotopic (exact) mass is 1010 g/mol. The predicted molar refractivity (Wildman–Crippen MR) is 262 cm³/mol. The molecule has 0 aliphatic rings. The Hall–Kier alpha value is -7.36. The van der Waals surface area contributed by atoms with Crippen molar-refractivity contribution < 1.29 is 20.1 Å². The summed E-state index contributed by atoms with van der Waals surface area (Å²) in [5, 5.41) is 0. The van der Waals surface area contributed by atoms with Gasteiger partial charge in [-0.3, -0.25) is 0 Å². The molecule has 4 heteroatoms. The topological polar surface area (TPSA) is 38.7 Å². The summed E-state index contributed by atoms with van der Waals surface area (Å²) < 4.78 is 0. The van der Waals surface area contributed by atoms with E-state index in [1.54, 1.807) is 0 Å². The molecule has 0 bridgehead atoms. The average molecular weight is 1010 g/mol. The number of hydrogen-bond donors (Lipinski definition) is 0. The zero-order chi connectivity index (χ0) is 42.9. The van der Waals surface area contributed by atoms with Crippen LogP contribution in [0.1, 0.15) is 22.3 Å². The summed E-state index contributed by atoms with van der Waals surface area (Å²) in [5.41, 5.74) is 20.1. The Balaban J connectivity index is 0.00000533. The van der Waals surface area contributed by atoms with Crippen molar-refractivity contribution in [1.29, 1.82) is 0 Å². The van der Waals surface area contributed by atoms with E-state index in [0.717, 1.165) is 81.7 Å². The van der Waals surface area contributed by atoms with E-state index in [1.165, 1.54) is 44.5 Å². The molecule has 0 spiro atoms. The van der Waals surface area contributed by atoms with Crippen molar-refractivity contribution in [2.45, 2.75) is 25.7 Å². The summed E-state index contributed by atoms with van der Waals surface area (Å²) in [6.07, 6.45) is 9.59. The minimum atomic E-state index is 0. The largest absolute Gasteiger partial charge is 3.00 e. The summed E-state index contributed by atoms with van der Waals surface area (Å²) in [4.78, 5) is 14.6. The summed E-state index contributed by atoms with van der Waals surface area (Å²) in [7, 11) is 0. The molecule has 3 heterocycles. The first-order chi connectivity index (χ1) is 31.7. The van der Waals surface area contributed by atoms with Gasteiger partial charge in [-0.2, -0.15) is 0 Å². The van der Waals surface area contributed by atoms with E-state index in [9.17, 15) is 0 Å². The molecule has 0 unspecified atom stereocenters. The van der Waals surface area contributed by atoms with Crippen molar-refractivity contribution >= 4 is 0 Å². The third-order valence-corrected chi connectivity index (χ3v) is 11.8. The third kappa shape index (κ3) is 10.4. The van der Waals surface area contributed by atoms with E-state index in [-0.39, 0.29) is 20.1 Å². The van der Waals surface area contributed by atoms with Crippen molar-refractivity contribution in [3.63, 3.8) is 0 Å². The van der Waals surface area contributed by atoms with Crippen LogP contribution in [0.3, 0.4) is 0 Å². The maximum Gasteiger partial charge on any atom is 3.00 e. The van der Waals surface area contributed by atoms with Crippen LogP contribution in [0.5, 0.6) is 0 Å². The van der Waals surface area contributed by atoms with Gasteiger partial charge in [0.05, 0.1) is 0 Å². The zero-order valence-electron chi connectivity index (χ0n) is 35.8. The van der Waals surface area contributed by atoms with Crippen molar-refractivity contribution in [3.8, 4) is 78.3 Å². The second kappa shape index (κ2) is 20.4. The number of aromatic nitrogens is 3. The number of benzene rings is 7. The molecule has 7 aromatic carbocycles. The number of hydrogen-bond acceptors (Lipinski definition) is 3. The van der Waals surface area contributed by atoms with Crippen LogP contribution in [0.25, 0.3) is 78.3 Å². The first-order valence-corrected chi connectivity index (χ1v) is 21.9. The molecule has 0 aliphatic heterocycles. The molecule has 0 N–H and O–H groups in total. The van der Waals surface area contributed by atoms with Gasteiger partial charge >= 0.3 is 20.1 Å². The first-order valence-electron chi connectivity index (χ1n) is 21.9. The average Bonchev–Trinajstić information content (AvgIpc) is 3.38. The van der Waals surface area contributed by atoms with Crippen LogP contribution >= 0.6 is 0 Å². The van der Waals surface area contributed by atoms with Crippen molar-refractivity contribution in [2.24, 2.45) is 0 Å². The fourth-order valence-electron chi connectivity index (χ4n) is 8.33. The Bertz CT molecular complexity index is 2990. The van der Waals surface area contributed by atoms with Crippen molar-refractivity contribution in [3.05, 3.63) is 259 Å². The van der Waals surface area contributed by atoms with Gasteiger partial charge in [0.25, 0.3) is 0 Å². The standard InChI is InChI=1S/C61H44N3.Ir/c1-4-13-48(14-5-1)49-29-31-50(32-30-49)53-19-12-20-54(40-53)61-36-33-55(43-64-61)57-21-10-11-22-58(57)56-38-46(25-23-44-27-34-59(62-41-44)51-15-6-2-7-16-51)37-47(39-56)26-24-45-28-35-60(63-42-45)52-17-8-3-9-18-52;/h1-15,17,19,21-22,27-43H,23-26H2;/q-3;+3. The summed E-state index contributed by atoms with van der Waals surface area (Å²) in [5.74, 6) is 0. The molecule has 10 aromatic rings. The first kappa shape index (κ1) is 42.9. The molecule has 3 nitrogen and oxygen atoms in total. The maximum absolute atomic E-state index is 5.01. The summed E-state index contributed by atoms with van der Waals surface area (Å²) in [6, 6.07) is 80.2. The van der Waals surface area contributed by atoms with Gasteiger partial charge in [-0.1, -0.05) is 133 Å². The van der Waals surface area contributed by atoms with E-state index in [1.807, 2.05) is 79.3 Å². The van der Waals surface area contributed by atoms with Gasteiger partial charge in [-0.25, -0.2) is 0 Å². The molecule has 65 heavy (non-hydrogen) atoms. The van der Waals surface area contributed by atoms with E-state index in [0.29, 0.717) is 0 Å². The van der Waals surface area contributed by atoms with Crippen LogP contribution in [0.15, 0.2) is 219 Å². The van der Waals surface area contributed by atoms with Crippen LogP contribution in [0.2, 0.25) is 0 Å². The number of aryl methyl sites for hydroxylation is 4. The molecule has 3 aromatic heterocycles. The Morgan fingerprint density at radius 1 is 0.292 bits per heavy atom. The molecule has 0 fully saturated rings. The van der Waals surface area contributed by atoms with Gasteiger partial charge in [-0.15, -0.1) is 107 Å². The Labute approximate surface area is 396 Å².